The van der Waals surface area contributed by atoms with E-state index in [1.165, 1.54) is 11.8 Å². The molecule has 3 aromatic carbocycles. The Balaban J connectivity index is 1.69. The van der Waals surface area contributed by atoms with Crippen molar-refractivity contribution in [2.24, 2.45) is 0 Å². The van der Waals surface area contributed by atoms with Crippen molar-refractivity contribution in [2.45, 2.75) is 13.5 Å². The van der Waals surface area contributed by atoms with E-state index in [-0.39, 0.29) is 5.91 Å². The number of rotatable bonds is 7. The van der Waals surface area contributed by atoms with E-state index in [1.807, 2.05) is 61.5 Å². The topological polar surface area (TPSA) is 78.3 Å². The zero-order valence-electron chi connectivity index (χ0n) is 18.2. The van der Waals surface area contributed by atoms with Gasteiger partial charge < -0.3 is 14.8 Å². The van der Waals surface area contributed by atoms with E-state index in [2.05, 4.69) is 15.4 Å². The molecule has 1 heterocycles. The minimum atomic E-state index is -0.328. The van der Waals surface area contributed by atoms with E-state index in [0.717, 1.165) is 22.4 Å². The maximum absolute atomic E-state index is 13.4. The first-order valence-electron chi connectivity index (χ1n) is 10.2. The van der Waals surface area contributed by atoms with Crippen LogP contribution < -0.4 is 14.8 Å². The third-order valence-electron chi connectivity index (χ3n) is 5.06. The van der Waals surface area contributed by atoms with Gasteiger partial charge in [-0.2, -0.15) is 9.67 Å². The summed E-state index contributed by atoms with van der Waals surface area (Å²) in [5, 5.41) is 7.76. The molecule has 4 rings (SSSR count). The molecule has 162 valence electrons. The van der Waals surface area contributed by atoms with Gasteiger partial charge in [0.25, 0.3) is 5.91 Å². The van der Waals surface area contributed by atoms with Crippen molar-refractivity contribution in [3.8, 4) is 22.9 Å². The van der Waals surface area contributed by atoms with Crippen LogP contribution in [-0.4, -0.2) is 34.9 Å². The van der Waals surface area contributed by atoms with Crippen LogP contribution in [0.15, 0.2) is 72.8 Å². The summed E-state index contributed by atoms with van der Waals surface area (Å²) in [5.41, 5.74) is 3.38. The molecule has 0 fully saturated rings. The first-order chi connectivity index (χ1) is 15.6. The van der Waals surface area contributed by atoms with Crippen molar-refractivity contribution >= 4 is 11.9 Å². The maximum atomic E-state index is 13.4. The van der Waals surface area contributed by atoms with Gasteiger partial charge in [0.15, 0.2) is 5.82 Å². The zero-order chi connectivity index (χ0) is 22.5. The van der Waals surface area contributed by atoms with Gasteiger partial charge in [-0.1, -0.05) is 54.1 Å². The second-order valence-electron chi connectivity index (χ2n) is 7.24. The third kappa shape index (κ3) is 4.46. The molecule has 0 radical (unpaired) electrons. The summed E-state index contributed by atoms with van der Waals surface area (Å²) in [7, 11) is 3.17. The van der Waals surface area contributed by atoms with Crippen LogP contribution in [0.4, 0.5) is 5.95 Å². The predicted octanol–water partition coefficient (Wildman–Crippen LogP) is 4.57. The zero-order valence-corrected chi connectivity index (χ0v) is 18.2. The van der Waals surface area contributed by atoms with Crippen LogP contribution in [-0.2, 0) is 6.54 Å². The van der Waals surface area contributed by atoms with Gasteiger partial charge in [0.2, 0.25) is 5.95 Å². The highest BCUT2D eigenvalue weighted by molar-refractivity contribution is 5.99. The van der Waals surface area contributed by atoms with Crippen LogP contribution in [0, 0.1) is 6.92 Å². The smallest absolute Gasteiger partial charge is 0.285 e. The van der Waals surface area contributed by atoms with E-state index in [1.54, 1.807) is 25.3 Å². The first-order valence-corrected chi connectivity index (χ1v) is 10.2. The molecule has 7 nitrogen and oxygen atoms in total. The summed E-state index contributed by atoms with van der Waals surface area (Å²) in [4.78, 5) is 18.0. The molecule has 0 bridgehead atoms. The SMILES string of the molecule is COc1ccc(CNc2nc(-c3ccc(C)cc3)nn2C(=O)c2ccccc2OC)cc1. The van der Waals surface area contributed by atoms with E-state index in [0.29, 0.717) is 29.6 Å². The van der Waals surface area contributed by atoms with Crippen LogP contribution in [0.3, 0.4) is 0 Å². The fourth-order valence-electron chi connectivity index (χ4n) is 3.25. The molecule has 4 aromatic rings. The average molecular weight is 428 g/mol. The van der Waals surface area contributed by atoms with E-state index < -0.39 is 0 Å². The molecular weight excluding hydrogens is 404 g/mol. The lowest BCUT2D eigenvalue weighted by Crippen LogP contribution is -2.18. The van der Waals surface area contributed by atoms with Gasteiger partial charge in [0.1, 0.15) is 11.5 Å². The quantitative estimate of drug-likeness (QED) is 0.465. The van der Waals surface area contributed by atoms with Gasteiger partial charge in [-0.05, 0) is 36.8 Å². The molecule has 0 amide bonds. The van der Waals surface area contributed by atoms with E-state index >= 15 is 0 Å². The molecule has 1 aromatic heterocycles. The summed E-state index contributed by atoms with van der Waals surface area (Å²) in [6.07, 6.45) is 0. The minimum absolute atomic E-state index is 0.328. The Kier molecular flexibility index (Phi) is 6.17. The number of para-hydroxylation sites is 1. The molecule has 0 unspecified atom stereocenters. The second-order valence-corrected chi connectivity index (χ2v) is 7.24. The summed E-state index contributed by atoms with van der Waals surface area (Å²) < 4.78 is 11.9. The molecule has 0 aliphatic carbocycles. The van der Waals surface area contributed by atoms with Gasteiger partial charge in [-0.25, -0.2) is 0 Å². The highest BCUT2D eigenvalue weighted by Gasteiger charge is 2.21. The molecule has 0 atom stereocenters. The molecule has 0 aliphatic heterocycles. The van der Waals surface area contributed by atoms with Crippen LogP contribution in [0.5, 0.6) is 11.5 Å². The summed E-state index contributed by atoms with van der Waals surface area (Å²) >= 11 is 0. The number of carbonyl (C=O) groups excluding carboxylic acids is 1. The monoisotopic (exact) mass is 428 g/mol. The Labute approximate surface area is 186 Å². The number of nitrogens with zero attached hydrogens (tertiary/aromatic N) is 3. The fraction of sp³-hybridized carbons (Fsp3) is 0.160. The molecule has 0 saturated carbocycles. The summed E-state index contributed by atoms with van der Waals surface area (Å²) in [6.45, 7) is 2.48. The Morgan fingerprint density at radius 1 is 0.938 bits per heavy atom. The highest BCUT2D eigenvalue weighted by Crippen LogP contribution is 2.23. The highest BCUT2D eigenvalue weighted by atomic mass is 16.5. The molecule has 32 heavy (non-hydrogen) atoms. The first kappa shape index (κ1) is 21.1. The molecule has 0 aliphatic rings. The lowest BCUT2D eigenvalue weighted by Gasteiger charge is -2.10. The molecule has 1 N–H and O–H groups in total. The van der Waals surface area contributed by atoms with Gasteiger partial charge in [0.05, 0.1) is 19.8 Å². The summed E-state index contributed by atoms with van der Waals surface area (Å²) in [6, 6.07) is 22.6. The number of carbonyl (C=O) groups is 1. The van der Waals surface area contributed by atoms with Gasteiger partial charge in [-0.3, -0.25) is 4.79 Å². The number of benzene rings is 3. The number of ether oxygens (including phenoxy) is 2. The molecule has 0 saturated heterocycles. The van der Waals surface area contributed by atoms with Crippen LogP contribution in [0.25, 0.3) is 11.4 Å². The van der Waals surface area contributed by atoms with Crippen LogP contribution in [0.1, 0.15) is 21.5 Å². The van der Waals surface area contributed by atoms with Gasteiger partial charge >= 0.3 is 0 Å². The van der Waals surface area contributed by atoms with Crippen molar-refractivity contribution in [3.63, 3.8) is 0 Å². The standard InChI is InChI=1S/C25H24N4O3/c1-17-8-12-19(13-9-17)23-27-25(26-16-18-10-14-20(31-2)15-11-18)29(28-23)24(30)21-6-4-5-7-22(21)32-3/h4-15H,16H2,1-3H3,(H,26,27,28). The number of nitrogens with one attached hydrogen (secondary N) is 1. The van der Waals surface area contributed by atoms with Crippen molar-refractivity contribution in [2.75, 3.05) is 19.5 Å². The number of hydrogen-bond acceptors (Lipinski definition) is 6. The normalized spacial score (nSPS) is 10.6. The number of hydrogen-bond donors (Lipinski definition) is 1. The fourth-order valence-corrected chi connectivity index (χ4v) is 3.25. The van der Waals surface area contributed by atoms with Crippen molar-refractivity contribution in [1.82, 2.24) is 14.8 Å². The lowest BCUT2D eigenvalue weighted by atomic mass is 10.1. The maximum Gasteiger partial charge on any atom is 0.285 e. The third-order valence-corrected chi connectivity index (χ3v) is 5.06. The van der Waals surface area contributed by atoms with E-state index in [4.69, 9.17) is 9.47 Å². The Morgan fingerprint density at radius 2 is 1.66 bits per heavy atom. The van der Waals surface area contributed by atoms with Crippen LogP contribution in [0.2, 0.25) is 0 Å². The minimum Gasteiger partial charge on any atom is -0.497 e. The number of anilines is 1. The second kappa shape index (κ2) is 9.34. The number of aromatic nitrogens is 3. The molecule has 0 spiro atoms. The molecular formula is C25H24N4O3. The predicted molar refractivity (Wildman–Crippen MR) is 123 cm³/mol. The molecule has 7 heteroatoms. The van der Waals surface area contributed by atoms with Gasteiger partial charge in [-0.15, -0.1) is 5.10 Å². The number of methoxy groups -OCH3 is 2. The Bertz CT molecular complexity index is 1210. The lowest BCUT2D eigenvalue weighted by molar-refractivity contribution is 0.0944. The van der Waals surface area contributed by atoms with Crippen molar-refractivity contribution < 1.29 is 14.3 Å². The summed E-state index contributed by atoms with van der Waals surface area (Å²) in [5.74, 6) is 1.75. The van der Waals surface area contributed by atoms with E-state index in [9.17, 15) is 4.79 Å². The Hall–Kier alpha value is -4.13. The van der Waals surface area contributed by atoms with Gasteiger partial charge in [0, 0.05) is 12.1 Å². The largest absolute Gasteiger partial charge is 0.497 e. The average Bonchev–Trinajstić information content (AvgIpc) is 3.27. The van der Waals surface area contributed by atoms with Crippen molar-refractivity contribution in [1.29, 1.82) is 0 Å². The van der Waals surface area contributed by atoms with Crippen LogP contribution >= 0.6 is 0 Å². The van der Waals surface area contributed by atoms with Crippen molar-refractivity contribution in [3.05, 3.63) is 89.5 Å². The Morgan fingerprint density at radius 3 is 2.34 bits per heavy atom. The number of aryl methyl sites for hydroxylation is 1.